The Labute approximate surface area is 162 Å². The standard InChI is InChI=1S/C22H19N5O/c1-15(22-25-24-14-26(22)2)27-13-23-20(16-8-4-3-5-9-16)21(27)19-12-17-10-6-7-11-18(17)28-19/h3-15H,1-2H3. The molecule has 3 aromatic heterocycles. The van der Waals surface area contributed by atoms with Crippen LogP contribution in [-0.2, 0) is 7.05 Å². The molecule has 3 heterocycles. The van der Waals surface area contributed by atoms with Gasteiger partial charge in [0.25, 0.3) is 0 Å². The van der Waals surface area contributed by atoms with Gasteiger partial charge in [-0.1, -0.05) is 48.5 Å². The van der Waals surface area contributed by atoms with E-state index in [1.807, 2.05) is 54.3 Å². The first-order valence-corrected chi connectivity index (χ1v) is 9.17. The maximum absolute atomic E-state index is 6.21. The van der Waals surface area contributed by atoms with Gasteiger partial charge in [0.1, 0.15) is 17.6 Å². The Morgan fingerprint density at radius 1 is 0.964 bits per heavy atom. The molecule has 0 aliphatic carbocycles. The van der Waals surface area contributed by atoms with Gasteiger partial charge in [0.15, 0.2) is 11.6 Å². The molecule has 28 heavy (non-hydrogen) atoms. The molecule has 0 radical (unpaired) electrons. The average molecular weight is 369 g/mol. The first kappa shape index (κ1) is 16.5. The summed E-state index contributed by atoms with van der Waals surface area (Å²) in [5.41, 5.74) is 3.71. The van der Waals surface area contributed by atoms with Gasteiger partial charge in [0.05, 0.1) is 18.1 Å². The van der Waals surface area contributed by atoms with Gasteiger partial charge in [-0.25, -0.2) is 4.98 Å². The molecule has 0 fully saturated rings. The summed E-state index contributed by atoms with van der Waals surface area (Å²) in [6.07, 6.45) is 3.56. The highest BCUT2D eigenvalue weighted by Gasteiger charge is 2.24. The molecule has 0 aliphatic heterocycles. The molecule has 2 aromatic carbocycles. The predicted molar refractivity (Wildman–Crippen MR) is 108 cm³/mol. The quantitative estimate of drug-likeness (QED) is 0.461. The molecule has 5 rings (SSSR count). The molecule has 5 aromatic rings. The van der Waals surface area contributed by atoms with Gasteiger partial charge < -0.3 is 13.6 Å². The molecule has 0 saturated carbocycles. The van der Waals surface area contributed by atoms with E-state index in [4.69, 9.17) is 9.40 Å². The van der Waals surface area contributed by atoms with E-state index in [1.165, 1.54) is 0 Å². The van der Waals surface area contributed by atoms with Crippen molar-refractivity contribution in [3.05, 3.63) is 79.1 Å². The molecule has 6 heteroatoms. The highest BCUT2D eigenvalue weighted by atomic mass is 16.3. The van der Waals surface area contributed by atoms with Gasteiger partial charge in [-0.15, -0.1) is 10.2 Å². The lowest BCUT2D eigenvalue weighted by molar-refractivity contribution is 0.562. The second kappa shape index (κ2) is 6.49. The number of benzene rings is 2. The van der Waals surface area contributed by atoms with Crippen molar-refractivity contribution in [3.63, 3.8) is 0 Å². The molecule has 0 N–H and O–H groups in total. The maximum Gasteiger partial charge on any atom is 0.155 e. The zero-order valence-electron chi connectivity index (χ0n) is 15.6. The number of rotatable bonds is 4. The van der Waals surface area contributed by atoms with E-state index in [0.717, 1.165) is 39.5 Å². The topological polar surface area (TPSA) is 61.7 Å². The van der Waals surface area contributed by atoms with Crippen LogP contribution in [-0.4, -0.2) is 24.3 Å². The van der Waals surface area contributed by atoms with Crippen molar-refractivity contribution in [2.45, 2.75) is 13.0 Å². The SMILES string of the molecule is CC(c1nncn1C)n1cnc(-c2ccccc2)c1-c1cc2ccccc2o1. The summed E-state index contributed by atoms with van der Waals surface area (Å²) >= 11 is 0. The number of aryl methyl sites for hydroxylation is 1. The zero-order chi connectivity index (χ0) is 19.1. The van der Waals surface area contributed by atoms with Crippen molar-refractivity contribution in [1.82, 2.24) is 24.3 Å². The number of hydrogen-bond donors (Lipinski definition) is 0. The fourth-order valence-electron chi connectivity index (χ4n) is 3.60. The van der Waals surface area contributed by atoms with Crippen molar-refractivity contribution >= 4 is 11.0 Å². The molecule has 0 aliphatic rings. The van der Waals surface area contributed by atoms with Crippen LogP contribution in [0.15, 0.2) is 77.7 Å². The highest BCUT2D eigenvalue weighted by molar-refractivity contribution is 5.85. The minimum atomic E-state index is -0.0549. The van der Waals surface area contributed by atoms with Crippen LogP contribution in [0, 0.1) is 0 Å². The third kappa shape index (κ3) is 2.62. The smallest absolute Gasteiger partial charge is 0.155 e. The molecule has 0 bridgehead atoms. The monoisotopic (exact) mass is 369 g/mol. The Kier molecular flexibility index (Phi) is 3.83. The predicted octanol–water partition coefficient (Wildman–Crippen LogP) is 4.70. The van der Waals surface area contributed by atoms with Crippen LogP contribution in [0.25, 0.3) is 33.7 Å². The third-order valence-electron chi connectivity index (χ3n) is 5.04. The number of aromatic nitrogens is 5. The van der Waals surface area contributed by atoms with Gasteiger partial charge in [0, 0.05) is 18.0 Å². The van der Waals surface area contributed by atoms with Gasteiger partial charge in [-0.05, 0) is 19.1 Å². The average Bonchev–Trinajstić information content (AvgIpc) is 3.45. The lowest BCUT2D eigenvalue weighted by Crippen LogP contribution is -2.12. The van der Waals surface area contributed by atoms with E-state index in [9.17, 15) is 0 Å². The first-order chi connectivity index (χ1) is 13.7. The Bertz CT molecular complexity index is 1220. The van der Waals surface area contributed by atoms with Crippen LogP contribution in [0.3, 0.4) is 0 Å². The normalized spacial score (nSPS) is 12.5. The van der Waals surface area contributed by atoms with E-state index < -0.39 is 0 Å². The van der Waals surface area contributed by atoms with E-state index in [2.05, 4.69) is 46.0 Å². The third-order valence-corrected chi connectivity index (χ3v) is 5.04. The van der Waals surface area contributed by atoms with Crippen molar-refractivity contribution in [2.75, 3.05) is 0 Å². The summed E-state index contributed by atoms with van der Waals surface area (Å²) in [7, 11) is 1.95. The molecule has 0 spiro atoms. The Morgan fingerprint density at radius 2 is 1.75 bits per heavy atom. The molecule has 0 amide bonds. The van der Waals surface area contributed by atoms with E-state index >= 15 is 0 Å². The van der Waals surface area contributed by atoms with Crippen molar-refractivity contribution in [2.24, 2.45) is 7.05 Å². The van der Waals surface area contributed by atoms with Crippen LogP contribution >= 0.6 is 0 Å². The van der Waals surface area contributed by atoms with Crippen LogP contribution in [0.2, 0.25) is 0 Å². The Balaban J connectivity index is 1.74. The summed E-state index contributed by atoms with van der Waals surface area (Å²) in [5, 5.41) is 9.38. The first-order valence-electron chi connectivity index (χ1n) is 9.17. The van der Waals surface area contributed by atoms with Crippen LogP contribution in [0.5, 0.6) is 0 Å². The van der Waals surface area contributed by atoms with E-state index in [-0.39, 0.29) is 6.04 Å². The molecule has 1 unspecified atom stereocenters. The maximum atomic E-state index is 6.21. The van der Waals surface area contributed by atoms with Crippen LogP contribution < -0.4 is 0 Å². The molecular formula is C22H19N5O. The van der Waals surface area contributed by atoms with Gasteiger partial charge in [-0.2, -0.15) is 0 Å². The van der Waals surface area contributed by atoms with E-state index in [0.29, 0.717) is 0 Å². The van der Waals surface area contributed by atoms with Gasteiger partial charge in [0.2, 0.25) is 0 Å². The minimum Gasteiger partial charge on any atom is -0.454 e. The largest absolute Gasteiger partial charge is 0.454 e. The zero-order valence-corrected chi connectivity index (χ0v) is 15.6. The fraction of sp³-hybridized carbons (Fsp3) is 0.136. The van der Waals surface area contributed by atoms with Crippen molar-refractivity contribution in [1.29, 1.82) is 0 Å². The highest BCUT2D eigenvalue weighted by Crippen LogP contribution is 2.37. The van der Waals surface area contributed by atoms with Gasteiger partial charge >= 0.3 is 0 Å². The Hall–Kier alpha value is -3.67. The number of imidazole rings is 1. The number of furan rings is 1. The number of para-hydroxylation sites is 1. The van der Waals surface area contributed by atoms with E-state index in [1.54, 1.807) is 6.33 Å². The van der Waals surface area contributed by atoms with Gasteiger partial charge in [-0.3, -0.25) is 0 Å². The summed E-state index contributed by atoms with van der Waals surface area (Å²) in [6, 6.07) is 20.2. The summed E-state index contributed by atoms with van der Waals surface area (Å²) in [6.45, 7) is 2.09. The molecule has 0 saturated heterocycles. The minimum absolute atomic E-state index is 0.0549. The van der Waals surface area contributed by atoms with Crippen LogP contribution in [0.4, 0.5) is 0 Å². The number of fused-ring (bicyclic) bond motifs is 1. The lowest BCUT2D eigenvalue weighted by Gasteiger charge is -2.15. The van der Waals surface area contributed by atoms with Crippen molar-refractivity contribution in [3.8, 4) is 22.7 Å². The summed E-state index contributed by atoms with van der Waals surface area (Å²) < 4.78 is 10.2. The summed E-state index contributed by atoms with van der Waals surface area (Å²) in [4.78, 5) is 4.74. The number of nitrogens with zero attached hydrogens (tertiary/aromatic N) is 5. The fourth-order valence-corrected chi connectivity index (χ4v) is 3.60. The molecule has 138 valence electrons. The lowest BCUT2D eigenvalue weighted by atomic mass is 10.1. The summed E-state index contributed by atoms with van der Waals surface area (Å²) in [5.74, 6) is 1.64. The molecular weight excluding hydrogens is 350 g/mol. The second-order valence-electron chi connectivity index (χ2n) is 6.84. The number of hydrogen-bond acceptors (Lipinski definition) is 4. The molecule has 6 nitrogen and oxygen atoms in total. The Morgan fingerprint density at radius 3 is 2.50 bits per heavy atom. The second-order valence-corrected chi connectivity index (χ2v) is 6.84. The molecule has 1 atom stereocenters. The van der Waals surface area contributed by atoms with Crippen LogP contribution in [0.1, 0.15) is 18.8 Å². The van der Waals surface area contributed by atoms with Crippen molar-refractivity contribution < 1.29 is 4.42 Å².